The normalized spacial score (nSPS) is 13.5. The van der Waals surface area contributed by atoms with Crippen molar-refractivity contribution in [2.24, 2.45) is 0 Å². The van der Waals surface area contributed by atoms with Crippen molar-refractivity contribution in [2.75, 3.05) is 0 Å². The Labute approximate surface area is 199 Å². The lowest BCUT2D eigenvalue weighted by Gasteiger charge is -2.16. The summed E-state index contributed by atoms with van der Waals surface area (Å²) in [5.41, 5.74) is 2.49. The van der Waals surface area contributed by atoms with E-state index >= 15 is 0 Å². The molecule has 0 bridgehead atoms. The van der Waals surface area contributed by atoms with Crippen LogP contribution in [-0.2, 0) is 24.2 Å². The topological polar surface area (TPSA) is 79.7 Å². The number of benzene rings is 3. The number of amides is 1. The third kappa shape index (κ3) is 4.12. The van der Waals surface area contributed by atoms with Gasteiger partial charge in [0, 0.05) is 23.7 Å². The molecule has 0 spiro atoms. The third-order valence-electron chi connectivity index (χ3n) is 5.60. The molecule has 0 saturated heterocycles. The number of carbonyl (C=O) groups excluding carboxylic acids is 1. The number of halogens is 1. The molecular formula is C26H23FN2O4S. The number of aromatic hydroxyl groups is 1. The number of nitrogens with zero attached hydrogens (tertiary/aromatic N) is 2. The molecule has 0 radical (unpaired) electrons. The fourth-order valence-electron chi connectivity index (χ4n) is 3.92. The number of hydrogen-bond donors (Lipinski definition) is 1. The molecule has 1 aliphatic heterocycles. The molecule has 5 rings (SSSR count). The minimum Gasteiger partial charge on any atom is -0.505 e. The zero-order chi connectivity index (χ0) is 23.1. The van der Waals surface area contributed by atoms with Gasteiger partial charge in [-0.05, 0) is 48.9 Å². The lowest BCUT2D eigenvalue weighted by Crippen LogP contribution is -2.23. The summed E-state index contributed by atoms with van der Waals surface area (Å²) in [6, 6.07) is 16.4. The van der Waals surface area contributed by atoms with Gasteiger partial charge in [-0.1, -0.05) is 37.3 Å². The van der Waals surface area contributed by atoms with Crippen molar-refractivity contribution in [2.45, 2.75) is 32.3 Å². The fraction of sp³-hybridized carbons (Fsp3) is 0.154. The van der Waals surface area contributed by atoms with E-state index in [2.05, 4.69) is 4.98 Å². The Morgan fingerprint density at radius 2 is 1.82 bits per heavy atom. The Morgan fingerprint density at radius 1 is 1.12 bits per heavy atom. The van der Waals surface area contributed by atoms with E-state index in [0.29, 0.717) is 15.8 Å². The quantitative estimate of drug-likeness (QED) is 0.422. The molecule has 1 unspecified atom stereocenters. The first-order chi connectivity index (χ1) is 15.9. The van der Waals surface area contributed by atoms with E-state index in [-0.39, 0.29) is 48.9 Å². The van der Waals surface area contributed by atoms with Crippen LogP contribution in [0.25, 0.3) is 10.9 Å². The molecule has 8 heteroatoms. The molecule has 34 heavy (non-hydrogen) atoms. The van der Waals surface area contributed by atoms with E-state index in [1.807, 2.05) is 19.1 Å². The highest BCUT2D eigenvalue weighted by molar-refractivity contribution is 7.80. The molecule has 4 aromatic rings. The van der Waals surface area contributed by atoms with Crippen LogP contribution in [0.2, 0.25) is 0 Å². The van der Waals surface area contributed by atoms with Crippen molar-refractivity contribution in [1.82, 2.24) is 9.88 Å². The molecule has 1 amide bonds. The molecular weight excluding hydrogens is 455 g/mol. The molecule has 3 aromatic carbocycles. The summed E-state index contributed by atoms with van der Waals surface area (Å²) in [5, 5.41) is 11.3. The van der Waals surface area contributed by atoms with Gasteiger partial charge in [-0.15, -0.1) is 0 Å². The minimum absolute atomic E-state index is 0. The molecule has 6 nitrogen and oxygen atoms in total. The van der Waals surface area contributed by atoms with Crippen molar-refractivity contribution in [3.8, 4) is 11.5 Å². The summed E-state index contributed by atoms with van der Waals surface area (Å²) >= 11 is -1.84. The average Bonchev–Trinajstić information content (AvgIpc) is 3.14. The second kappa shape index (κ2) is 9.23. The maximum absolute atomic E-state index is 13.3. The van der Waals surface area contributed by atoms with Crippen LogP contribution >= 0.6 is 0 Å². The summed E-state index contributed by atoms with van der Waals surface area (Å²) in [6.07, 6.45) is 1.50. The van der Waals surface area contributed by atoms with E-state index in [1.54, 1.807) is 36.4 Å². The maximum atomic E-state index is 13.3. The Hall–Kier alpha value is -3.78. The summed E-state index contributed by atoms with van der Waals surface area (Å²) in [5.74, 6) is -0.746. The van der Waals surface area contributed by atoms with Crippen LogP contribution in [0, 0.1) is 12.7 Å². The number of phenolic OH excluding ortho intramolecular Hbond substituents is 1. The van der Waals surface area contributed by atoms with Gasteiger partial charge in [0.05, 0.1) is 17.0 Å². The van der Waals surface area contributed by atoms with Crippen LogP contribution in [0.1, 0.15) is 34.5 Å². The second-order valence-corrected chi connectivity index (χ2v) is 8.96. The van der Waals surface area contributed by atoms with Crippen molar-refractivity contribution in [1.29, 1.82) is 0 Å². The Balaban J connectivity index is 0.00000274. The molecule has 0 saturated carbocycles. The van der Waals surface area contributed by atoms with Crippen molar-refractivity contribution in [3.63, 3.8) is 0 Å². The summed E-state index contributed by atoms with van der Waals surface area (Å²) in [6.45, 7) is 2.29. The second-order valence-electron chi connectivity index (χ2n) is 7.85. The third-order valence-corrected chi connectivity index (χ3v) is 6.57. The highest BCUT2D eigenvalue weighted by atomic mass is 32.2. The van der Waals surface area contributed by atoms with E-state index in [0.717, 1.165) is 11.1 Å². The molecule has 174 valence electrons. The number of fused-ring (bicyclic) bond motifs is 2. The smallest absolute Gasteiger partial charge is 0.258 e. The van der Waals surface area contributed by atoms with Gasteiger partial charge < -0.3 is 14.2 Å². The zero-order valence-electron chi connectivity index (χ0n) is 17.6. The number of carbonyl (C=O) groups is 1. The van der Waals surface area contributed by atoms with E-state index in [1.165, 1.54) is 23.2 Å². The molecule has 0 fully saturated rings. The van der Waals surface area contributed by atoms with Gasteiger partial charge in [-0.3, -0.25) is 9.78 Å². The Bertz CT molecular complexity index is 1410. The first-order valence-electron chi connectivity index (χ1n) is 10.3. The predicted octanol–water partition coefficient (Wildman–Crippen LogP) is 5.28. The standard InChI is InChI=1S/C25H19FN2O4S.CH4/c1-15-4-10-18(11-5-15)33(31)32-24-19-3-2-12-27-22(19)23(29)21-20(24)14-28(25(21)30)13-16-6-8-17(26)9-7-16;/h2-12,29H,13-14H2,1H3;1H4. The molecule has 1 N–H and O–H groups in total. The lowest BCUT2D eigenvalue weighted by atomic mass is 10.0. The summed E-state index contributed by atoms with van der Waals surface area (Å²) in [4.78, 5) is 19.4. The maximum Gasteiger partial charge on any atom is 0.258 e. The molecule has 1 atom stereocenters. The van der Waals surface area contributed by atoms with Crippen LogP contribution in [0.4, 0.5) is 4.39 Å². The Kier molecular flexibility index (Phi) is 6.34. The monoisotopic (exact) mass is 478 g/mol. The highest BCUT2D eigenvalue weighted by Crippen LogP contribution is 2.44. The van der Waals surface area contributed by atoms with Gasteiger partial charge in [0.2, 0.25) is 11.1 Å². The van der Waals surface area contributed by atoms with Crippen LogP contribution < -0.4 is 4.18 Å². The highest BCUT2D eigenvalue weighted by Gasteiger charge is 2.36. The number of hydrogen-bond acceptors (Lipinski definition) is 5. The average molecular weight is 479 g/mol. The van der Waals surface area contributed by atoms with Gasteiger partial charge in [0.15, 0.2) is 11.5 Å². The fourth-order valence-corrected chi connectivity index (χ4v) is 4.72. The molecule has 1 aliphatic rings. The van der Waals surface area contributed by atoms with Gasteiger partial charge in [0.25, 0.3) is 5.91 Å². The number of aromatic nitrogens is 1. The molecule has 2 heterocycles. The number of aryl methyl sites for hydroxylation is 1. The van der Waals surface area contributed by atoms with Gasteiger partial charge in [-0.25, -0.2) is 8.60 Å². The number of phenols is 1. The van der Waals surface area contributed by atoms with Crippen molar-refractivity contribution in [3.05, 3.63) is 94.9 Å². The molecule has 1 aromatic heterocycles. The first-order valence-corrected chi connectivity index (χ1v) is 11.3. The lowest BCUT2D eigenvalue weighted by molar-refractivity contribution is 0.0764. The largest absolute Gasteiger partial charge is 0.505 e. The van der Waals surface area contributed by atoms with Crippen LogP contribution in [0.3, 0.4) is 0 Å². The van der Waals surface area contributed by atoms with Gasteiger partial charge >= 0.3 is 0 Å². The van der Waals surface area contributed by atoms with E-state index in [9.17, 15) is 18.5 Å². The minimum atomic E-state index is -1.84. The van der Waals surface area contributed by atoms with Gasteiger partial charge in [-0.2, -0.15) is 0 Å². The number of rotatable bonds is 5. The van der Waals surface area contributed by atoms with Crippen LogP contribution in [-0.4, -0.2) is 25.1 Å². The van der Waals surface area contributed by atoms with Gasteiger partial charge in [0.1, 0.15) is 11.3 Å². The Morgan fingerprint density at radius 3 is 2.53 bits per heavy atom. The number of pyridine rings is 1. The molecule has 0 aliphatic carbocycles. The van der Waals surface area contributed by atoms with Crippen molar-refractivity contribution >= 4 is 27.9 Å². The first kappa shape index (κ1) is 23.4. The summed E-state index contributed by atoms with van der Waals surface area (Å²) < 4.78 is 32.2. The van der Waals surface area contributed by atoms with E-state index < -0.39 is 17.0 Å². The van der Waals surface area contributed by atoms with E-state index in [4.69, 9.17) is 4.18 Å². The van der Waals surface area contributed by atoms with Crippen LogP contribution in [0.5, 0.6) is 11.5 Å². The zero-order valence-corrected chi connectivity index (χ0v) is 18.4. The SMILES string of the molecule is C.Cc1ccc(S(=O)Oc2c3c(c(O)c4ncccc24)C(=O)N(Cc2ccc(F)cc2)C3)cc1. The summed E-state index contributed by atoms with van der Waals surface area (Å²) in [7, 11) is 0. The van der Waals surface area contributed by atoms with Crippen molar-refractivity contribution < 1.29 is 22.7 Å². The predicted molar refractivity (Wildman–Crippen MR) is 128 cm³/mol. The van der Waals surface area contributed by atoms with Crippen LogP contribution in [0.15, 0.2) is 71.8 Å².